The summed E-state index contributed by atoms with van der Waals surface area (Å²) in [5, 5.41) is 12.2. The maximum absolute atomic E-state index is 13.4. The second-order valence-electron chi connectivity index (χ2n) is 11.9. The van der Waals surface area contributed by atoms with Crippen LogP contribution < -0.4 is 15.0 Å². The number of benzene rings is 3. The minimum atomic E-state index is -1.26. The smallest absolute Gasteiger partial charge is 0.337 e. The first kappa shape index (κ1) is 28.4. The number of methoxy groups -OCH3 is 1. The summed E-state index contributed by atoms with van der Waals surface area (Å²) in [5.74, 6) is 0.357. The number of ether oxygens (including phenoxy) is 3. The molecule has 0 unspecified atom stereocenters. The predicted octanol–water partition coefficient (Wildman–Crippen LogP) is 6.46. The molecule has 0 aliphatic carbocycles. The van der Waals surface area contributed by atoms with E-state index in [1.807, 2.05) is 76.2 Å². The van der Waals surface area contributed by atoms with Gasteiger partial charge in [-0.3, -0.25) is 9.78 Å². The second kappa shape index (κ2) is 10.9. The molecule has 0 saturated heterocycles. The van der Waals surface area contributed by atoms with Crippen LogP contribution in [-0.2, 0) is 22.5 Å². The Morgan fingerprint density at radius 2 is 1.93 bits per heavy atom. The van der Waals surface area contributed by atoms with Crippen molar-refractivity contribution in [3.63, 3.8) is 0 Å². The van der Waals surface area contributed by atoms with Gasteiger partial charge in [0.25, 0.3) is 5.56 Å². The lowest BCUT2D eigenvalue weighted by Gasteiger charge is -2.29. The Hall–Kier alpha value is -4.69. The molecular formula is C35H34N2O6. The van der Waals surface area contributed by atoms with E-state index < -0.39 is 17.7 Å². The molecule has 8 heteroatoms. The van der Waals surface area contributed by atoms with E-state index in [4.69, 9.17) is 19.2 Å². The van der Waals surface area contributed by atoms with Gasteiger partial charge in [-0.25, -0.2) is 4.79 Å². The Morgan fingerprint density at radius 1 is 1.12 bits per heavy atom. The fraction of sp³-hybridized carbons (Fsp3) is 0.286. The Labute approximate surface area is 249 Å². The molecule has 1 aliphatic heterocycles. The molecule has 0 fully saturated rings. The fourth-order valence-corrected chi connectivity index (χ4v) is 6.02. The molecule has 1 N–H and O–H groups in total. The van der Waals surface area contributed by atoms with Gasteiger partial charge in [-0.2, -0.15) is 0 Å². The minimum absolute atomic E-state index is 0.169. The van der Waals surface area contributed by atoms with Gasteiger partial charge in [-0.15, -0.1) is 0 Å². The van der Waals surface area contributed by atoms with Gasteiger partial charge in [0.05, 0.1) is 36.9 Å². The number of aryl methyl sites for hydroxylation is 1. The van der Waals surface area contributed by atoms with Crippen LogP contribution in [0.3, 0.4) is 0 Å². The second-order valence-corrected chi connectivity index (χ2v) is 11.9. The number of nitrogens with zero attached hydrogens (tertiary/aromatic N) is 2. The highest BCUT2D eigenvalue weighted by molar-refractivity contribution is 6.08. The van der Waals surface area contributed by atoms with Crippen LogP contribution in [-0.4, -0.2) is 39.9 Å². The monoisotopic (exact) mass is 578 g/mol. The standard InChI is InChI=1S/C35H34N2O6/c1-20-17-26-24(10-12-28(38)37(26)19-21-7-6-8-23(18-21)41-5)31(29(20)33(34(39)40)43-35(2,3)4)25-9-11-27-30-22(14-16-42-27)13-15-36-32(25)30/h6-13,15,17-18,33H,14,16,19H2,1-5H3,(H,39,40)/t33-/m0/s1. The molecule has 1 atom stereocenters. The molecule has 220 valence electrons. The Kier molecular flexibility index (Phi) is 7.18. The van der Waals surface area contributed by atoms with Crippen LogP contribution in [0.1, 0.15) is 49.1 Å². The molecule has 43 heavy (non-hydrogen) atoms. The molecule has 0 spiro atoms. The van der Waals surface area contributed by atoms with E-state index in [-0.39, 0.29) is 5.56 Å². The predicted molar refractivity (Wildman–Crippen MR) is 166 cm³/mol. The van der Waals surface area contributed by atoms with Crippen molar-refractivity contribution in [1.82, 2.24) is 9.55 Å². The van der Waals surface area contributed by atoms with Crippen molar-refractivity contribution < 1.29 is 24.1 Å². The summed E-state index contributed by atoms with van der Waals surface area (Å²) in [6.07, 6.45) is 1.27. The van der Waals surface area contributed by atoms with Gasteiger partial charge in [-0.1, -0.05) is 12.1 Å². The highest BCUT2D eigenvalue weighted by Crippen LogP contribution is 2.45. The number of aromatic nitrogens is 2. The number of hydrogen-bond donors (Lipinski definition) is 1. The number of carboxylic acids is 1. The fourth-order valence-electron chi connectivity index (χ4n) is 6.02. The largest absolute Gasteiger partial charge is 0.497 e. The third-order valence-electron chi connectivity index (χ3n) is 7.81. The Morgan fingerprint density at radius 3 is 2.67 bits per heavy atom. The molecule has 6 rings (SSSR count). The SMILES string of the molecule is COc1cccc(Cn2c(=O)ccc3c(-c4ccc5c6c(ccnc46)CCO5)c([C@H](OC(C)(C)C)C(=O)O)c(C)cc32)c1. The number of pyridine rings is 2. The van der Waals surface area contributed by atoms with Crippen LogP contribution >= 0.6 is 0 Å². The first-order valence-electron chi connectivity index (χ1n) is 14.3. The first-order chi connectivity index (χ1) is 20.6. The zero-order valence-electron chi connectivity index (χ0n) is 24.9. The molecule has 1 aliphatic rings. The summed E-state index contributed by atoms with van der Waals surface area (Å²) in [6.45, 7) is 8.28. The van der Waals surface area contributed by atoms with E-state index in [1.54, 1.807) is 23.9 Å². The summed E-state index contributed by atoms with van der Waals surface area (Å²) in [6, 6.07) is 18.7. The highest BCUT2D eigenvalue weighted by atomic mass is 16.5. The summed E-state index contributed by atoms with van der Waals surface area (Å²) in [5.41, 5.74) is 5.17. The quantitative estimate of drug-likeness (QED) is 0.237. The van der Waals surface area contributed by atoms with E-state index in [0.29, 0.717) is 46.6 Å². The van der Waals surface area contributed by atoms with E-state index in [2.05, 4.69) is 0 Å². The molecule has 2 aromatic heterocycles. The van der Waals surface area contributed by atoms with E-state index in [1.165, 1.54) is 6.07 Å². The topological polar surface area (TPSA) is 99.9 Å². The van der Waals surface area contributed by atoms with Gasteiger partial charge < -0.3 is 23.9 Å². The maximum atomic E-state index is 13.4. The lowest BCUT2D eigenvalue weighted by atomic mass is 9.86. The Bertz CT molecular complexity index is 1940. The van der Waals surface area contributed by atoms with Crippen LogP contribution in [0.15, 0.2) is 71.7 Å². The number of carbonyl (C=O) groups is 1. The van der Waals surface area contributed by atoms with Crippen molar-refractivity contribution in [2.24, 2.45) is 0 Å². The van der Waals surface area contributed by atoms with Crippen LogP contribution in [0.4, 0.5) is 0 Å². The van der Waals surface area contributed by atoms with Crippen LogP contribution in [0, 0.1) is 6.92 Å². The average Bonchev–Trinajstić information content (AvgIpc) is 2.97. The maximum Gasteiger partial charge on any atom is 0.337 e. The molecule has 0 bridgehead atoms. The van der Waals surface area contributed by atoms with Gasteiger partial charge in [-0.05, 0) is 92.4 Å². The normalized spacial score (nSPS) is 13.6. The molecule has 3 heterocycles. The van der Waals surface area contributed by atoms with E-state index in [0.717, 1.165) is 39.6 Å². The third-order valence-corrected chi connectivity index (χ3v) is 7.81. The Balaban J connectivity index is 1.71. The summed E-state index contributed by atoms with van der Waals surface area (Å²) in [7, 11) is 1.61. The molecule has 5 aromatic rings. The number of aliphatic carboxylic acids is 1. The molecule has 8 nitrogen and oxygen atoms in total. The molecular weight excluding hydrogens is 544 g/mol. The zero-order chi connectivity index (χ0) is 30.5. The third kappa shape index (κ3) is 5.23. The van der Waals surface area contributed by atoms with Crippen molar-refractivity contribution in [2.75, 3.05) is 13.7 Å². The molecule has 3 aromatic carbocycles. The minimum Gasteiger partial charge on any atom is -0.497 e. The van der Waals surface area contributed by atoms with Gasteiger partial charge in [0.1, 0.15) is 11.5 Å². The van der Waals surface area contributed by atoms with Crippen molar-refractivity contribution in [1.29, 1.82) is 0 Å². The molecule has 0 saturated carbocycles. The van der Waals surface area contributed by atoms with Gasteiger partial charge in [0.2, 0.25) is 0 Å². The highest BCUT2D eigenvalue weighted by Gasteiger charge is 2.33. The average molecular weight is 579 g/mol. The number of hydrogen-bond acceptors (Lipinski definition) is 6. The lowest BCUT2D eigenvalue weighted by molar-refractivity contribution is -0.160. The summed E-state index contributed by atoms with van der Waals surface area (Å²) < 4.78 is 19.3. The van der Waals surface area contributed by atoms with E-state index in [9.17, 15) is 14.7 Å². The van der Waals surface area contributed by atoms with Crippen LogP contribution in [0.2, 0.25) is 0 Å². The van der Waals surface area contributed by atoms with Gasteiger partial charge in [0.15, 0.2) is 6.10 Å². The van der Waals surface area contributed by atoms with Crippen LogP contribution in [0.25, 0.3) is 32.9 Å². The van der Waals surface area contributed by atoms with Crippen molar-refractivity contribution in [3.8, 4) is 22.6 Å². The summed E-state index contributed by atoms with van der Waals surface area (Å²) in [4.78, 5) is 31.1. The first-order valence-corrected chi connectivity index (χ1v) is 14.3. The van der Waals surface area contributed by atoms with Gasteiger partial charge in [0, 0.05) is 40.6 Å². The van der Waals surface area contributed by atoms with Crippen molar-refractivity contribution in [2.45, 2.75) is 52.4 Å². The van der Waals surface area contributed by atoms with Crippen LogP contribution in [0.5, 0.6) is 11.5 Å². The molecule has 0 amide bonds. The number of carboxylic acid groups (broad SMARTS) is 1. The lowest BCUT2D eigenvalue weighted by Crippen LogP contribution is -2.28. The zero-order valence-corrected chi connectivity index (χ0v) is 24.9. The van der Waals surface area contributed by atoms with E-state index >= 15 is 0 Å². The summed E-state index contributed by atoms with van der Waals surface area (Å²) >= 11 is 0. The number of fused-ring (bicyclic) bond motifs is 1. The van der Waals surface area contributed by atoms with Crippen molar-refractivity contribution in [3.05, 3.63) is 99.5 Å². The molecule has 0 radical (unpaired) electrons. The van der Waals surface area contributed by atoms with Gasteiger partial charge >= 0.3 is 5.97 Å². The van der Waals surface area contributed by atoms with Crippen molar-refractivity contribution >= 4 is 27.8 Å². The number of rotatable bonds is 7.